The Kier molecular flexibility index (Phi) is 6.17. The lowest BCUT2D eigenvalue weighted by molar-refractivity contribution is 0.301. The van der Waals surface area contributed by atoms with E-state index in [1.165, 1.54) is 11.1 Å². The molecule has 0 aliphatic carbocycles. The van der Waals surface area contributed by atoms with E-state index in [9.17, 15) is 0 Å². The maximum atomic E-state index is 8.86. The van der Waals surface area contributed by atoms with E-state index in [1.807, 2.05) is 54.6 Å². The lowest BCUT2D eigenvalue weighted by atomic mass is 9.72. The number of aromatic nitrogens is 1. The molecule has 29 heavy (non-hydrogen) atoms. The first-order valence-corrected chi connectivity index (χ1v) is 9.59. The Bertz CT molecular complexity index is 944. The minimum atomic E-state index is 0.00839. The van der Waals surface area contributed by atoms with Crippen molar-refractivity contribution in [2.75, 3.05) is 0 Å². The van der Waals surface area contributed by atoms with Crippen LogP contribution in [0.1, 0.15) is 49.1 Å². The van der Waals surface area contributed by atoms with E-state index in [0.717, 1.165) is 11.4 Å². The van der Waals surface area contributed by atoms with E-state index >= 15 is 0 Å². The highest BCUT2D eigenvalue weighted by atomic mass is 16.5. The molecule has 0 fully saturated rings. The van der Waals surface area contributed by atoms with Crippen LogP contribution in [0.25, 0.3) is 0 Å². The van der Waals surface area contributed by atoms with E-state index in [1.54, 1.807) is 6.20 Å². The van der Waals surface area contributed by atoms with E-state index in [2.05, 4.69) is 43.0 Å². The van der Waals surface area contributed by atoms with Gasteiger partial charge in [0.2, 0.25) is 0 Å². The molecule has 3 rings (SSSR count). The molecule has 1 heterocycles. The van der Waals surface area contributed by atoms with Crippen LogP contribution in [0.5, 0.6) is 5.75 Å². The van der Waals surface area contributed by atoms with Crippen molar-refractivity contribution in [3.8, 4) is 5.75 Å². The number of hydrogen-bond acceptors (Lipinski definition) is 4. The van der Waals surface area contributed by atoms with Crippen LogP contribution >= 0.6 is 0 Å². The molecule has 1 unspecified atom stereocenters. The summed E-state index contributed by atoms with van der Waals surface area (Å²) in [6.45, 7) is 7.11. The van der Waals surface area contributed by atoms with Crippen LogP contribution in [-0.2, 0) is 6.61 Å². The van der Waals surface area contributed by atoms with Crippen LogP contribution < -0.4 is 10.5 Å². The van der Waals surface area contributed by atoms with Crippen molar-refractivity contribution >= 4 is 5.84 Å². The number of ether oxygens (including phenoxy) is 1. The van der Waals surface area contributed by atoms with Crippen molar-refractivity contribution in [3.63, 3.8) is 0 Å². The largest absolute Gasteiger partial charge is 0.487 e. The number of rotatable bonds is 6. The summed E-state index contributed by atoms with van der Waals surface area (Å²) in [4.78, 5) is 4.28. The van der Waals surface area contributed by atoms with Crippen LogP contribution in [0.4, 0.5) is 0 Å². The molecule has 1 aromatic heterocycles. The molecule has 5 heteroatoms. The summed E-state index contributed by atoms with van der Waals surface area (Å²) in [5, 5.41) is 11.9. The second kappa shape index (κ2) is 8.78. The quantitative estimate of drug-likeness (QED) is 0.271. The summed E-state index contributed by atoms with van der Waals surface area (Å²) >= 11 is 0. The molecule has 1 atom stereocenters. The Labute approximate surface area is 171 Å². The second-order valence-corrected chi connectivity index (χ2v) is 8.09. The van der Waals surface area contributed by atoms with Gasteiger partial charge < -0.3 is 15.7 Å². The molecule has 0 bridgehead atoms. The third-order valence-corrected chi connectivity index (χ3v) is 4.84. The van der Waals surface area contributed by atoms with Gasteiger partial charge in [-0.2, -0.15) is 0 Å². The van der Waals surface area contributed by atoms with E-state index in [4.69, 9.17) is 15.7 Å². The van der Waals surface area contributed by atoms with Gasteiger partial charge in [0.15, 0.2) is 5.84 Å². The maximum Gasteiger partial charge on any atom is 0.170 e. The van der Waals surface area contributed by atoms with Crippen LogP contribution in [0.2, 0.25) is 0 Å². The zero-order valence-corrected chi connectivity index (χ0v) is 17.0. The molecule has 0 saturated heterocycles. The van der Waals surface area contributed by atoms with Gasteiger partial charge in [0.05, 0.1) is 5.69 Å². The molecule has 5 nitrogen and oxygen atoms in total. The average Bonchev–Trinajstić information content (AvgIpc) is 2.73. The predicted molar refractivity (Wildman–Crippen MR) is 115 cm³/mol. The summed E-state index contributed by atoms with van der Waals surface area (Å²) in [7, 11) is 0. The Hall–Kier alpha value is -3.34. The van der Waals surface area contributed by atoms with E-state index in [-0.39, 0.29) is 17.2 Å². The molecule has 150 valence electrons. The topological polar surface area (TPSA) is 80.7 Å². The first-order chi connectivity index (χ1) is 13.9. The van der Waals surface area contributed by atoms with Gasteiger partial charge in [-0.05, 0) is 40.8 Å². The first kappa shape index (κ1) is 20.4. The van der Waals surface area contributed by atoms with Gasteiger partial charge in [0.25, 0.3) is 0 Å². The second-order valence-electron chi connectivity index (χ2n) is 8.09. The average molecular weight is 389 g/mol. The zero-order valence-electron chi connectivity index (χ0n) is 17.0. The standard InChI is InChI=1S/C24H27N3O2/c1-24(2,3)22(17-7-9-19(10-8-17)23(25)27-28)18-11-13-21(14-12-18)29-16-20-6-4-5-15-26-20/h4-15,22,28H,16H2,1-3H3,(H2,25,27). The monoisotopic (exact) mass is 389 g/mol. The third-order valence-electron chi connectivity index (χ3n) is 4.84. The molecule has 2 aromatic carbocycles. The summed E-state index contributed by atoms with van der Waals surface area (Å²) in [6, 6.07) is 21.9. The fourth-order valence-electron chi connectivity index (χ4n) is 3.49. The lowest BCUT2D eigenvalue weighted by Gasteiger charge is -2.32. The first-order valence-electron chi connectivity index (χ1n) is 9.59. The van der Waals surface area contributed by atoms with E-state index in [0.29, 0.717) is 12.2 Å². The Morgan fingerprint density at radius 1 is 1.00 bits per heavy atom. The SMILES string of the molecule is CC(C)(C)C(c1ccc(OCc2ccccn2)cc1)c1ccc(/C(N)=N\O)cc1. The van der Waals surface area contributed by atoms with Gasteiger partial charge in [-0.25, -0.2) is 0 Å². The third kappa shape index (κ3) is 5.13. The fourth-order valence-corrected chi connectivity index (χ4v) is 3.49. The number of oxime groups is 1. The van der Waals surface area contributed by atoms with Crippen molar-refractivity contribution in [1.29, 1.82) is 0 Å². The Morgan fingerprint density at radius 3 is 2.14 bits per heavy atom. The summed E-state index contributed by atoms with van der Waals surface area (Å²) in [6.07, 6.45) is 1.76. The number of benzene rings is 2. The van der Waals surface area contributed by atoms with Crippen LogP contribution in [-0.4, -0.2) is 16.0 Å². The van der Waals surface area contributed by atoms with Crippen LogP contribution in [0.15, 0.2) is 78.1 Å². The molecule has 3 N–H and O–H groups in total. The number of pyridine rings is 1. The highest BCUT2D eigenvalue weighted by Crippen LogP contribution is 2.41. The minimum absolute atomic E-state index is 0.00839. The van der Waals surface area contributed by atoms with Crippen LogP contribution in [0.3, 0.4) is 0 Å². The number of nitrogens with two attached hydrogens (primary N) is 1. The highest BCUT2D eigenvalue weighted by molar-refractivity contribution is 5.97. The molecule has 3 aromatic rings. The van der Waals surface area contributed by atoms with E-state index < -0.39 is 0 Å². The number of hydrogen-bond donors (Lipinski definition) is 2. The summed E-state index contributed by atoms with van der Waals surface area (Å²) < 4.78 is 5.86. The van der Waals surface area contributed by atoms with Crippen molar-refractivity contribution in [1.82, 2.24) is 4.98 Å². The molecule has 0 saturated carbocycles. The smallest absolute Gasteiger partial charge is 0.170 e. The highest BCUT2D eigenvalue weighted by Gasteiger charge is 2.28. The normalized spacial score (nSPS) is 13.1. The van der Waals surface area contributed by atoms with Crippen LogP contribution in [0, 0.1) is 5.41 Å². The van der Waals surface area contributed by atoms with Gasteiger partial charge >= 0.3 is 0 Å². The molecular weight excluding hydrogens is 362 g/mol. The minimum Gasteiger partial charge on any atom is -0.487 e. The predicted octanol–water partition coefficient (Wildman–Crippen LogP) is 4.93. The van der Waals surface area contributed by atoms with Crippen molar-refractivity contribution in [2.24, 2.45) is 16.3 Å². The Balaban J connectivity index is 1.80. The van der Waals surface area contributed by atoms with Crippen molar-refractivity contribution < 1.29 is 9.94 Å². The number of amidine groups is 1. The molecule has 0 aliphatic heterocycles. The van der Waals surface area contributed by atoms with Gasteiger partial charge in [-0.1, -0.05) is 68.4 Å². The van der Waals surface area contributed by atoms with Gasteiger partial charge in [0, 0.05) is 17.7 Å². The zero-order chi connectivity index (χ0) is 20.9. The molecule has 0 amide bonds. The van der Waals surface area contributed by atoms with Gasteiger partial charge in [0.1, 0.15) is 12.4 Å². The molecule has 0 aliphatic rings. The summed E-state index contributed by atoms with van der Waals surface area (Å²) in [5.41, 5.74) is 9.67. The molecule has 0 radical (unpaired) electrons. The van der Waals surface area contributed by atoms with Crippen molar-refractivity contribution in [2.45, 2.75) is 33.3 Å². The van der Waals surface area contributed by atoms with Crippen molar-refractivity contribution in [3.05, 3.63) is 95.3 Å². The number of nitrogens with zero attached hydrogens (tertiary/aromatic N) is 2. The molecular formula is C24H27N3O2. The summed E-state index contributed by atoms with van der Waals surface area (Å²) in [5.74, 6) is 1.11. The van der Waals surface area contributed by atoms with Gasteiger partial charge in [-0.15, -0.1) is 0 Å². The maximum absolute atomic E-state index is 8.86. The Morgan fingerprint density at radius 2 is 1.62 bits per heavy atom. The fraction of sp³-hybridized carbons (Fsp3) is 0.250. The molecule has 0 spiro atoms. The lowest BCUT2D eigenvalue weighted by Crippen LogP contribution is -2.20. The van der Waals surface area contributed by atoms with Gasteiger partial charge in [-0.3, -0.25) is 4.98 Å².